The zero-order valence-corrected chi connectivity index (χ0v) is 16.4. The van der Waals surface area contributed by atoms with E-state index in [9.17, 15) is 26.7 Å². The Hall–Kier alpha value is -2.14. The molecule has 0 aliphatic carbocycles. The highest BCUT2D eigenvalue weighted by atomic mass is 35.5. The van der Waals surface area contributed by atoms with Gasteiger partial charge in [0.05, 0.1) is 16.6 Å². The lowest BCUT2D eigenvalue weighted by atomic mass is 10.1. The van der Waals surface area contributed by atoms with E-state index in [2.05, 4.69) is 10.2 Å². The fraction of sp³-hybridized carbons (Fsp3) is 0.278. The van der Waals surface area contributed by atoms with Crippen LogP contribution in [0, 0.1) is 17.5 Å². The molecule has 6 nitrogen and oxygen atoms in total. The summed E-state index contributed by atoms with van der Waals surface area (Å²) in [5.41, 5.74) is 0.0724. The van der Waals surface area contributed by atoms with Crippen LogP contribution in [0.1, 0.15) is 12.8 Å². The van der Waals surface area contributed by atoms with E-state index < -0.39 is 33.6 Å². The highest BCUT2D eigenvalue weighted by molar-refractivity contribution is 7.89. The summed E-state index contributed by atoms with van der Waals surface area (Å²) in [5.74, 6) is -4.37. The number of hydrogen-bond donors (Lipinski definition) is 2. The number of benzene rings is 2. The van der Waals surface area contributed by atoms with Crippen molar-refractivity contribution >= 4 is 32.5 Å². The van der Waals surface area contributed by atoms with Crippen LogP contribution in [0.4, 0.5) is 13.2 Å². The number of aliphatic hydroxyl groups excluding tert-OH is 1. The summed E-state index contributed by atoms with van der Waals surface area (Å²) in [4.78, 5) is -0.213. The Labute approximate surface area is 169 Å². The molecule has 11 heteroatoms. The predicted molar refractivity (Wildman–Crippen MR) is 100 cm³/mol. The summed E-state index contributed by atoms with van der Waals surface area (Å²) in [6, 6.07) is 4.38. The number of aliphatic hydroxyl groups is 1. The number of hydrogen-bond acceptors (Lipinski definition) is 4. The van der Waals surface area contributed by atoms with E-state index in [4.69, 9.17) is 11.6 Å². The second-order valence-corrected chi connectivity index (χ2v) is 9.04. The largest absolute Gasteiger partial charge is 0.393 e. The van der Waals surface area contributed by atoms with Gasteiger partial charge in [-0.15, -0.1) is 0 Å². The minimum absolute atomic E-state index is 0.0460. The van der Waals surface area contributed by atoms with E-state index in [1.54, 1.807) is 0 Å². The maximum atomic E-state index is 13.6. The Morgan fingerprint density at radius 3 is 2.38 bits per heavy atom. The second-order valence-electron chi connectivity index (χ2n) is 6.76. The summed E-state index contributed by atoms with van der Waals surface area (Å²) >= 11 is 6.19. The highest BCUT2D eigenvalue weighted by Crippen LogP contribution is 2.36. The monoisotopic (exact) mass is 445 g/mol. The van der Waals surface area contributed by atoms with E-state index in [0.29, 0.717) is 12.8 Å². The number of nitrogens with one attached hydrogen (secondary N) is 1. The van der Waals surface area contributed by atoms with Gasteiger partial charge >= 0.3 is 0 Å². The molecule has 1 aliphatic rings. The zero-order chi connectivity index (χ0) is 20.9. The normalized spacial score (nSPS) is 16.6. The summed E-state index contributed by atoms with van der Waals surface area (Å²) in [5, 5.41) is 16.4. The molecule has 1 fully saturated rings. The van der Waals surface area contributed by atoms with Crippen LogP contribution in [0.3, 0.4) is 0 Å². The number of rotatable bonds is 3. The molecule has 4 rings (SSSR count). The molecule has 0 saturated carbocycles. The summed E-state index contributed by atoms with van der Waals surface area (Å²) < 4.78 is 68.1. The molecule has 0 unspecified atom stereocenters. The van der Waals surface area contributed by atoms with Gasteiger partial charge in [0, 0.05) is 24.0 Å². The van der Waals surface area contributed by atoms with Gasteiger partial charge in [-0.25, -0.2) is 21.6 Å². The van der Waals surface area contributed by atoms with Crippen molar-refractivity contribution in [3.63, 3.8) is 0 Å². The molecule has 2 heterocycles. The lowest BCUT2D eigenvalue weighted by Crippen LogP contribution is -2.40. The van der Waals surface area contributed by atoms with Crippen molar-refractivity contribution in [2.24, 2.45) is 0 Å². The van der Waals surface area contributed by atoms with Gasteiger partial charge < -0.3 is 5.11 Å². The number of piperidine rings is 1. The van der Waals surface area contributed by atoms with Crippen molar-refractivity contribution in [1.82, 2.24) is 14.5 Å². The molecule has 2 N–H and O–H groups in total. The maximum Gasteiger partial charge on any atom is 0.246 e. The molecule has 29 heavy (non-hydrogen) atoms. The first-order valence-corrected chi connectivity index (χ1v) is 10.5. The molecule has 0 bridgehead atoms. The summed E-state index contributed by atoms with van der Waals surface area (Å²) in [6.45, 7) is 0.261. The van der Waals surface area contributed by atoms with Crippen molar-refractivity contribution < 1.29 is 26.7 Å². The van der Waals surface area contributed by atoms with Crippen molar-refractivity contribution in [3.8, 4) is 11.3 Å². The summed E-state index contributed by atoms with van der Waals surface area (Å²) in [6.07, 6.45) is 0.0411. The van der Waals surface area contributed by atoms with Crippen LogP contribution in [0.5, 0.6) is 0 Å². The SMILES string of the molecule is O=S(=O)(c1c(Cl)ccc2c(-c3cc(F)c(F)c(F)c3)n[nH]c12)N1CCC(O)CC1. The van der Waals surface area contributed by atoms with Crippen LogP contribution in [0.15, 0.2) is 29.2 Å². The molecule has 0 atom stereocenters. The first-order valence-electron chi connectivity index (χ1n) is 8.70. The Bertz CT molecular complexity index is 1180. The molecular formula is C18H15ClF3N3O3S. The van der Waals surface area contributed by atoms with Gasteiger partial charge in [-0.3, -0.25) is 5.10 Å². The Kier molecular flexibility index (Phi) is 5.06. The van der Waals surface area contributed by atoms with Gasteiger partial charge in [0.2, 0.25) is 10.0 Å². The highest BCUT2D eigenvalue weighted by Gasteiger charge is 2.33. The number of H-pyrrole nitrogens is 1. The molecule has 3 aromatic rings. The van der Waals surface area contributed by atoms with Crippen LogP contribution in [0.25, 0.3) is 22.2 Å². The molecule has 0 spiro atoms. The predicted octanol–water partition coefficient (Wildman–Crippen LogP) is 3.45. The molecule has 1 saturated heterocycles. The first-order chi connectivity index (χ1) is 13.7. The fourth-order valence-electron chi connectivity index (χ4n) is 3.41. The molecule has 0 radical (unpaired) electrons. The number of fused-ring (bicyclic) bond motifs is 1. The van der Waals surface area contributed by atoms with Crippen molar-refractivity contribution in [1.29, 1.82) is 0 Å². The molecule has 2 aromatic carbocycles. The average Bonchev–Trinajstić information content (AvgIpc) is 3.09. The lowest BCUT2D eigenvalue weighted by Gasteiger charge is -2.29. The van der Waals surface area contributed by atoms with Gasteiger partial charge in [-0.1, -0.05) is 11.6 Å². The topological polar surface area (TPSA) is 86.3 Å². The van der Waals surface area contributed by atoms with Gasteiger partial charge in [-0.05, 0) is 37.1 Å². The minimum Gasteiger partial charge on any atom is -0.393 e. The lowest BCUT2D eigenvalue weighted by molar-refractivity contribution is 0.113. The van der Waals surface area contributed by atoms with Gasteiger partial charge in [-0.2, -0.15) is 9.40 Å². The first kappa shape index (κ1) is 20.1. The van der Waals surface area contributed by atoms with Gasteiger partial charge in [0.1, 0.15) is 10.6 Å². The molecule has 154 valence electrons. The Balaban J connectivity index is 1.87. The Morgan fingerprint density at radius 2 is 1.76 bits per heavy atom. The molecule has 0 amide bonds. The second kappa shape index (κ2) is 7.28. The number of aromatic nitrogens is 2. The minimum atomic E-state index is -4.02. The number of sulfonamides is 1. The smallest absolute Gasteiger partial charge is 0.246 e. The standard InChI is InChI=1S/C18H15ClF3N3O3S/c19-12-2-1-11-16(9-7-13(20)15(22)14(21)8-9)23-24-17(11)18(12)29(27,28)25-5-3-10(26)4-6-25/h1-2,7-8,10,26H,3-6H2,(H,23,24). The van der Waals surface area contributed by atoms with Crippen LogP contribution >= 0.6 is 11.6 Å². The van der Waals surface area contributed by atoms with E-state index in [1.165, 1.54) is 16.4 Å². The fourth-order valence-corrected chi connectivity index (χ4v) is 5.54. The van der Waals surface area contributed by atoms with Crippen molar-refractivity contribution in [2.75, 3.05) is 13.1 Å². The van der Waals surface area contributed by atoms with Gasteiger partial charge in [0.25, 0.3) is 0 Å². The van der Waals surface area contributed by atoms with Crippen molar-refractivity contribution in [2.45, 2.75) is 23.8 Å². The Morgan fingerprint density at radius 1 is 1.14 bits per heavy atom. The van der Waals surface area contributed by atoms with Crippen LogP contribution in [-0.4, -0.2) is 47.2 Å². The molecule has 1 aromatic heterocycles. The van der Waals surface area contributed by atoms with E-state index >= 15 is 0 Å². The van der Waals surface area contributed by atoms with E-state index in [0.717, 1.165) is 12.1 Å². The third-order valence-corrected chi connectivity index (χ3v) is 7.33. The van der Waals surface area contributed by atoms with Crippen LogP contribution < -0.4 is 0 Å². The zero-order valence-electron chi connectivity index (χ0n) is 14.8. The van der Waals surface area contributed by atoms with E-state index in [-0.39, 0.29) is 45.2 Å². The maximum absolute atomic E-state index is 13.6. The number of aromatic amines is 1. The van der Waals surface area contributed by atoms with E-state index in [1.807, 2.05) is 0 Å². The molecule has 1 aliphatic heterocycles. The van der Waals surface area contributed by atoms with Crippen molar-refractivity contribution in [3.05, 3.63) is 46.7 Å². The molecular weight excluding hydrogens is 431 g/mol. The summed E-state index contributed by atoms with van der Waals surface area (Å²) in [7, 11) is -4.02. The van der Waals surface area contributed by atoms with Gasteiger partial charge in [0.15, 0.2) is 17.5 Å². The third-order valence-electron chi connectivity index (χ3n) is 4.92. The average molecular weight is 446 g/mol. The number of halogens is 4. The van der Waals surface area contributed by atoms with Crippen LogP contribution in [-0.2, 0) is 10.0 Å². The number of nitrogens with zero attached hydrogens (tertiary/aromatic N) is 2. The quantitative estimate of drug-likeness (QED) is 0.605. The van der Waals surface area contributed by atoms with Crippen LogP contribution in [0.2, 0.25) is 5.02 Å². The third kappa shape index (κ3) is 3.39.